The molecule has 2 fully saturated rings. The zero-order valence-electron chi connectivity index (χ0n) is 23.5. The lowest BCUT2D eigenvalue weighted by atomic mass is 9.72. The number of nitrogens with zero attached hydrogens (tertiary/aromatic N) is 3. The van der Waals surface area contributed by atoms with Gasteiger partial charge in [-0.3, -0.25) is 4.90 Å². The molecule has 3 aliphatic rings. The van der Waals surface area contributed by atoms with E-state index in [2.05, 4.69) is 65.4 Å². The quantitative estimate of drug-likeness (QED) is 0.373. The first-order chi connectivity index (χ1) is 19.0. The Hall–Kier alpha value is -2.29. The van der Waals surface area contributed by atoms with Gasteiger partial charge in [-0.1, -0.05) is 30.3 Å². The van der Waals surface area contributed by atoms with E-state index in [4.69, 9.17) is 9.72 Å². The molecule has 2 N–H and O–H groups in total. The number of aromatic nitrogens is 1. The van der Waals surface area contributed by atoms with Crippen molar-refractivity contribution >= 4 is 11.3 Å². The van der Waals surface area contributed by atoms with Gasteiger partial charge in [0.2, 0.25) is 0 Å². The van der Waals surface area contributed by atoms with Crippen molar-refractivity contribution in [3.8, 4) is 27.4 Å². The standard InChI is InChI=1S/C32H42N4O2S/c1-23-25(6-3-8-27(23)31-34-28-10-16-35(17-18-37)20-30(28)39-31)26-7-4-9-29(24(26)2)38-19-5-15-36-21-32(22-36)11-13-33-14-12-32/h3-4,6-9,33,37H,5,10-22H2,1-2H3. The number of aliphatic hydroxyl groups is 1. The van der Waals surface area contributed by atoms with E-state index in [1.807, 2.05) is 0 Å². The minimum Gasteiger partial charge on any atom is -0.493 e. The molecule has 4 heterocycles. The molecule has 3 aliphatic heterocycles. The second-order valence-corrected chi connectivity index (χ2v) is 12.8. The lowest BCUT2D eigenvalue weighted by molar-refractivity contribution is -0.0246. The molecule has 39 heavy (non-hydrogen) atoms. The summed E-state index contributed by atoms with van der Waals surface area (Å²) in [5, 5.41) is 13.9. The van der Waals surface area contributed by atoms with Crippen LogP contribution in [0.5, 0.6) is 5.75 Å². The zero-order chi connectivity index (χ0) is 26.8. The van der Waals surface area contributed by atoms with Crippen LogP contribution in [0.15, 0.2) is 36.4 Å². The minimum atomic E-state index is 0.210. The van der Waals surface area contributed by atoms with E-state index in [0.717, 1.165) is 56.4 Å². The summed E-state index contributed by atoms with van der Waals surface area (Å²) in [4.78, 5) is 11.3. The summed E-state index contributed by atoms with van der Waals surface area (Å²) in [5.74, 6) is 0.990. The number of rotatable bonds is 9. The number of ether oxygens (including phenoxy) is 1. The molecule has 208 valence electrons. The number of fused-ring (bicyclic) bond motifs is 1. The Morgan fingerprint density at radius 2 is 1.72 bits per heavy atom. The summed E-state index contributed by atoms with van der Waals surface area (Å²) < 4.78 is 6.33. The topological polar surface area (TPSA) is 60.9 Å². The molecule has 1 spiro atoms. The molecule has 0 amide bonds. The van der Waals surface area contributed by atoms with Crippen LogP contribution in [0.25, 0.3) is 21.7 Å². The molecular formula is C32H42N4O2S. The first-order valence-electron chi connectivity index (χ1n) is 14.6. The van der Waals surface area contributed by atoms with Crippen LogP contribution in [-0.4, -0.2) is 78.9 Å². The highest BCUT2D eigenvalue weighted by Crippen LogP contribution is 2.40. The summed E-state index contributed by atoms with van der Waals surface area (Å²) in [6.45, 7) is 14.0. The molecule has 0 atom stereocenters. The highest BCUT2D eigenvalue weighted by Gasteiger charge is 2.42. The number of likely N-dealkylation sites (tertiary alicyclic amines) is 1. The molecule has 0 bridgehead atoms. The van der Waals surface area contributed by atoms with E-state index in [-0.39, 0.29) is 6.61 Å². The fourth-order valence-corrected chi connectivity index (χ4v) is 7.95. The number of piperidine rings is 1. The molecule has 0 saturated carbocycles. The number of aliphatic hydroxyl groups excluding tert-OH is 1. The van der Waals surface area contributed by atoms with Gasteiger partial charge in [-0.05, 0) is 79.9 Å². The molecule has 6 nitrogen and oxygen atoms in total. The molecule has 2 saturated heterocycles. The van der Waals surface area contributed by atoms with Crippen LogP contribution in [-0.2, 0) is 13.0 Å². The van der Waals surface area contributed by atoms with Gasteiger partial charge >= 0.3 is 0 Å². The third-order valence-electron chi connectivity index (χ3n) is 9.02. The van der Waals surface area contributed by atoms with E-state index >= 15 is 0 Å². The van der Waals surface area contributed by atoms with Crippen molar-refractivity contribution in [2.75, 3.05) is 59.0 Å². The van der Waals surface area contributed by atoms with Crippen molar-refractivity contribution in [3.63, 3.8) is 0 Å². The molecular weight excluding hydrogens is 504 g/mol. The fraction of sp³-hybridized carbons (Fsp3) is 0.531. The summed E-state index contributed by atoms with van der Waals surface area (Å²) in [6, 6.07) is 13.0. The van der Waals surface area contributed by atoms with Gasteiger partial charge in [0.25, 0.3) is 0 Å². The van der Waals surface area contributed by atoms with E-state index in [1.165, 1.54) is 77.4 Å². The van der Waals surface area contributed by atoms with Crippen molar-refractivity contribution < 1.29 is 9.84 Å². The molecule has 7 heteroatoms. The number of benzene rings is 2. The second-order valence-electron chi connectivity index (χ2n) is 11.7. The van der Waals surface area contributed by atoms with E-state index in [0.29, 0.717) is 5.41 Å². The lowest BCUT2D eigenvalue weighted by Crippen LogP contribution is -2.59. The third kappa shape index (κ3) is 5.66. The van der Waals surface area contributed by atoms with Gasteiger partial charge in [-0.15, -0.1) is 11.3 Å². The number of hydrogen-bond acceptors (Lipinski definition) is 7. The number of thiazole rings is 1. The molecule has 0 aliphatic carbocycles. The van der Waals surface area contributed by atoms with Crippen molar-refractivity contribution in [3.05, 3.63) is 58.1 Å². The van der Waals surface area contributed by atoms with Crippen LogP contribution >= 0.6 is 11.3 Å². The van der Waals surface area contributed by atoms with E-state index < -0.39 is 0 Å². The molecule has 3 aromatic rings. The SMILES string of the molecule is Cc1c(OCCCN2CC3(CCNCC3)C2)cccc1-c1cccc(-c2nc3c(s2)CN(CCO)CC3)c1C. The fourth-order valence-electron chi connectivity index (χ4n) is 6.72. The Morgan fingerprint density at radius 3 is 2.51 bits per heavy atom. The minimum absolute atomic E-state index is 0.210. The van der Waals surface area contributed by atoms with Gasteiger partial charge in [0.1, 0.15) is 10.8 Å². The van der Waals surface area contributed by atoms with Gasteiger partial charge in [0.15, 0.2) is 0 Å². The van der Waals surface area contributed by atoms with Crippen molar-refractivity contribution in [1.29, 1.82) is 0 Å². The smallest absolute Gasteiger partial charge is 0.124 e. The second kappa shape index (κ2) is 11.7. The maximum atomic E-state index is 9.34. The highest BCUT2D eigenvalue weighted by molar-refractivity contribution is 7.15. The van der Waals surface area contributed by atoms with Crippen LogP contribution in [0, 0.1) is 19.3 Å². The monoisotopic (exact) mass is 546 g/mol. The van der Waals surface area contributed by atoms with Crippen molar-refractivity contribution in [1.82, 2.24) is 20.1 Å². The number of nitrogens with one attached hydrogen (secondary N) is 1. The van der Waals surface area contributed by atoms with Gasteiger partial charge in [-0.2, -0.15) is 0 Å². The van der Waals surface area contributed by atoms with Crippen molar-refractivity contribution in [2.45, 2.75) is 46.1 Å². The van der Waals surface area contributed by atoms with Gasteiger partial charge in [0.05, 0.1) is 18.9 Å². The predicted molar refractivity (Wildman–Crippen MR) is 160 cm³/mol. The number of hydrogen-bond donors (Lipinski definition) is 2. The van der Waals surface area contributed by atoms with Crippen molar-refractivity contribution in [2.24, 2.45) is 5.41 Å². The van der Waals surface area contributed by atoms with Gasteiger partial charge in [-0.25, -0.2) is 4.98 Å². The summed E-state index contributed by atoms with van der Waals surface area (Å²) in [7, 11) is 0. The zero-order valence-corrected chi connectivity index (χ0v) is 24.3. The summed E-state index contributed by atoms with van der Waals surface area (Å²) in [5.41, 5.74) is 7.99. The maximum absolute atomic E-state index is 9.34. The lowest BCUT2D eigenvalue weighted by Gasteiger charge is -2.52. The largest absolute Gasteiger partial charge is 0.493 e. The van der Waals surface area contributed by atoms with E-state index in [1.54, 1.807) is 11.3 Å². The Kier molecular flexibility index (Phi) is 8.05. The van der Waals surface area contributed by atoms with Crippen LogP contribution in [0.1, 0.15) is 41.0 Å². The summed E-state index contributed by atoms with van der Waals surface area (Å²) in [6.07, 6.45) is 4.69. The number of β-amino-alcohol motifs (C(OH)–C–C–N with tert-alkyl or cyclic N) is 1. The Labute approximate surface area is 237 Å². The normalized spacial score (nSPS) is 19.2. The first kappa shape index (κ1) is 26.9. The average Bonchev–Trinajstić information content (AvgIpc) is 3.35. The molecule has 1 aromatic heterocycles. The average molecular weight is 547 g/mol. The maximum Gasteiger partial charge on any atom is 0.124 e. The van der Waals surface area contributed by atoms with Gasteiger partial charge in [0, 0.05) is 56.1 Å². The first-order valence-corrected chi connectivity index (χ1v) is 15.4. The Morgan fingerprint density at radius 1 is 0.974 bits per heavy atom. The van der Waals surface area contributed by atoms with Crippen LogP contribution in [0.3, 0.4) is 0 Å². The molecule has 0 unspecified atom stereocenters. The Bertz CT molecular complexity index is 1290. The highest BCUT2D eigenvalue weighted by atomic mass is 32.1. The molecule has 0 radical (unpaired) electrons. The Balaban J connectivity index is 1.11. The third-order valence-corrected chi connectivity index (χ3v) is 10.1. The predicted octanol–water partition coefficient (Wildman–Crippen LogP) is 4.90. The summed E-state index contributed by atoms with van der Waals surface area (Å²) >= 11 is 1.81. The van der Waals surface area contributed by atoms with Crippen LogP contribution in [0.4, 0.5) is 0 Å². The van der Waals surface area contributed by atoms with Gasteiger partial charge < -0.3 is 20.1 Å². The van der Waals surface area contributed by atoms with Crippen LogP contribution < -0.4 is 10.1 Å². The molecule has 6 rings (SSSR count). The van der Waals surface area contributed by atoms with E-state index in [9.17, 15) is 5.11 Å². The molecule has 2 aromatic carbocycles. The van der Waals surface area contributed by atoms with Crippen LogP contribution in [0.2, 0.25) is 0 Å².